The van der Waals surface area contributed by atoms with Crippen molar-refractivity contribution in [2.24, 2.45) is 0 Å². The van der Waals surface area contributed by atoms with Crippen LogP contribution in [0.15, 0.2) is 49.6 Å². The third-order valence-corrected chi connectivity index (χ3v) is 5.96. The minimum Gasteiger partial charge on any atom is -0.490 e. The molecular weight excluding hydrogens is 488 g/mol. The van der Waals surface area contributed by atoms with E-state index in [0.717, 1.165) is 23.3 Å². The van der Waals surface area contributed by atoms with Crippen LogP contribution in [0, 0.1) is 0 Å². The Labute approximate surface area is 225 Å². The normalized spacial score (nSPS) is 10.8. The van der Waals surface area contributed by atoms with Crippen LogP contribution in [0.2, 0.25) is 0 Å². The van der Waals surface area contributed by atoms with E-state index in [1.165, 1.54) is 0 Å². The molecule has 2 rings (SSSR count). The van der Waals surface area contributed by atoms with Crippen LogP contribution >= 0.6 is 0 Å². The molecule has 0 aliphatic heterocycles. The van der Waals surface area contributed by atoms with Gasteiger partial charge in [0.25, 0.3) is 0 Å². The van der Waals surface area contributed by atoms with E-state index in [-0.39, 0.29) is 11.5 Å². The summed E-state index contributed by atoms with van der Waals surface area (Å²) in [5.74, 6) is 0.796. The van der Waals surface area contributed by atoms with Crippen molar-refractivity contribution in [3.8, 4) is 34.5 Å². The predicted octanol–water partition coefficient (Wildman–Crippen LogP) is 6.18. The highest BCUT2D eigenvalue weighted by molar-refractivity contribution is 5.85. The monoisotopic (exact) mass is 526 g/mol. The van der Waals surface area contributed by atoms with Crippen LogP contribution in [0.3, 0.4) is 0 Å². The Morgan fingerprint density at radius 2 is 1.00 bits per heavy atom. The van der Waals surface area contributed by atoms with E-state index in [4.69, 9.17) is 28.4 Å². The van der Waals surface area contributed by atoms with E-state index < -0.39 is 17.4 Å². The average Bonchev–Trinajstić information content (AvgIpc) is 2.91. The highest BCUT2D eigenvalue weighted by atomic mass is 16.6. The molecule has 0 aliphatic rings. The topological polar surface area (TPSA) is 89.5 Å². The molecule has 206 valence electrons. The molecule has 0 spiro atoms. The first-order valence-corrected chi connectivity index (χ1v) is 12.8. The molecule has 0 atom stereocenters. The van der Waals surface area contributed by atoms with Gasteiger partial charge in [0.05, 0.1) is 26.4 Å². The zero-order valence-corrected chi connectivity index (χ0v) is 23.2. The minimum absolute atomic E-state index is 0.231. The Hall–Kier alpha value is -3.94. The van der Waals surface area contributed by atoms with Crippen molar-refractivity contribution in [2.75, 3.05) is 26.4 Å². The zero-order valence-electron chi connectivity index (χ0n) is 23.2. The summed E-state index contributed by atoms with van der Waals surface area (Å²) in [4.78, 5) is 24.0. The summed E-state index contributed by atoms with van der Waals surface area (Å²) in [5.41, 5.74) is 0.903. The lowest BCUT2D eigenvalue weighted by molar-refractivity contribution is -0.130. The van der Waals surface area contributed by atoms with Crippen molar-refractivity contribution in [3.63, 3.8) is 0 Å². The Bertz CT molecular complexity index is 1070. The second kappa shape index (κ2) is 14.1. The molecule has 8 nitrogen and oxygen atoms in total. The molecule has 0 bridgehead atoms. The number of esters is 2. The van der Waals surface area contributed by atoms with Crippen LogP contribution in [-0.4, -0.2) is 38.4 Å². The van der Waals surface area contributed by atoms with Crippen LogP contribution in [0.25, 0.3) is 0 Å². The van der Waals surface area contributed by atoms with Gasteiger partial charge in [-0.25, -0.2) is 9.59 Å². The van der Waals surface area contributed by atoms with Crippen molar-refractivity contribution in [1.82, 2.24) is 0 Å². The Kier molecular flexibility index (Phi) is 11.3. The van der Waals surface area contributed by atoms with Crippen LogP contribution in [0.4, 0.5) is 0 Å². The minimum atomic E-state index is -0.686. The molecular formula is C30H38O8. The Balaban J connectivity index is 2.90. The number of hydrogen-bond acceptors (Lipinski definition) is 8. The summed E-state index contributed by atoms with van der Waals surface area (Å²) >= 11 is 0. The van der Waals surface area contributed by atoms with E-state index in [9.17, 15) is 9.59 Å². The number of carbonyl (C=O) groups excluding carboxylic acids is 2. The van der Waals surface area contributed by atoms with Gasteiger partial charge < -0.3 is 28.4 Å². The number of benzene rings is 2. The maximum Gasteiger partial charge on any atom is 0.335 e. The van der Waals surface area contributed by atoms with Gasteiger partial charge in [-0.05, 0) is 46.2 Å². The lowest BCUT2D eigenvalue weighted by Crippen LogP contribution is -2.26. The van der Waals surface area contributed by atoms with E-state index in [1.54, 1.807) is 12.1 Å². The molecule has 0 saturated heterocycles. The van der Waals surface area contributed by atoms with Gasteiger partial charge >= 0.3 is 11.9 Å². The van der Waals surface area contributed by atoms with Gasteiger partial charge in [0, 0.05) is 28.7 Å². The number of hydrogen-bond donors (Lipinski definition) is 0. The molecule has 0 N–H and O–H groups in total. The van der Waals surface area contributed by atoms with Gasteiger partial charge in [-0.3, -0.25) is 0 Å². The van der Waals surface area contributed by atoms with Gasteiger partial charge in [0.1, 0.15) is 0 Å². The maximum absolute atomic E-state index is 12.0. The summed E-state index contributed by atoms with van der Waals surface area (Å²) in [5, 5.41) is 0. The number of ether oxygens (including phenoxy) is 6. The SMILES string of the molecule is C=CC(=O)Oc1ccc(C(C)(CC)c2ccc(OC(=O)C=C)c(OCC)c2OCC)c(OCC)c1OCC. The fraction of sp³-hybridized carbons (Fsp3) is 0.400. The highest BCUT2D eigenvalue weighted by Gasteiger charge is 2.37. The van der Waals surface area contributed by atoms with Crippen molar-refractivity contribution in [1.29, 1.82) is 0 Å². The van der Waals surface area contributed by atoms with Crippen LogP contribution in [0.1, 0.15) is 59.1 Å². The molecule has 0 amide bonds. The van der Waals surface area contributed by atoms with Crippen molar-refractivity contribution >= 4 is 11.9 Å². The second-order valence-electron chi connectivity index (χ2n) is 8.21. The average molecular weight is 527 g/mol. The second-order valence-corrected chi connectivity index (χ2v) is 8.21. The summed E-state index contributed by atoms with van der Waals surface area (Å²) < 4.78 is 35.0. The third-order valence-electron chi connectivity index (χ3n) is 5.96. The molecule has 38 heavy (non-hydrogen) atoms. The molecule has 0 radical (unpaired) electrons. The summed E-state index contributed by atoms with van der Waals surface area (Å²) in [7, 11) is 0. The number of rotatable bonds is 15. The maximum atomic E-state index is 12.0. The van der Waals surface area contributed by atoms with Crippen LogP contribution in [0.5, 0.6) is 34.5 Å². The third kappa shape index (κ3) is 6.49. The Morgan fingerprint density at radius 3 is 1.29 bits per heavy atom. The van der Waals surface area contributed by atoms with E-state index in [2.05, 4.69) is 20.1 Å². The molecule has 8 heteroatoms. The van der Waals surface area contributed by atoms with Crippen molar-refractivity contribution in [3.05, 3.63) is 60.7 Å². The largest absolute Gasteiger partial charge is 0.490 e. The highest BCUT2D eigenvalue weighted by Crippen LogP contribution is 2.53. The van der Waals surface area contributed by atoms with Crippen molar-refractivity contribution in [2.45, 2.75) is 53.4 Å². The summed E-state index contributed by atoms with van der Waals surface area (Å²) in [6.45, 7) is 19.8. The quantitative estimate of drug-likeness (QED) is 0.154. The van der Waals surface area contributed by atoms with Gasteiger partial charge in [-0.2, -0.15) is 0 Å². The number of carbonyl (C=O) groups is 2. The van der Waals surface area contributed by atoms with Gasteiger partial charge in [-0.1, -0.05) is 39.1 Å². The predicted molar refractivity (Wildman–Crippen MR) is 146 cm³/mol. The van der Waals surface area contributed by atoms with E-state index >= 15 is 0 Å². The van der Waals surface area contributed by atoms with Gasteiger partial charge in [0.15, 0.2) is 23.0 Å². The van der Waals surface area contributed by atoms with E-state index in [1.807, 2.05) is 46.8 Å². The van der Waals surface area contributed by atoms with Gasteiger partial charge in [-0.15, -0.1) is 0 Å². The molecule has 2 aromatic rings. The first-order chi connectivity index (χ1) is 18.3. The van der Waals surface area contributed by atoms with E-state index in [0.29, 0.717) is 55.8 Å². The fourth-order valence-corrected chi connectivity index (χ4v) is 4.08. The molecule has 0 saturated carbocycles. The summed E-state index contributed by atoms with van der Waals surface area (Å²) in [6, 6.07) is 7.07. The zero-order chi connectivity index (χ0) is 28.3. The molecule has 0 aliphatic carbocycles. The lowest BCUT2D eigenvalue weighted by atomic mass is 9.73. The Morgan fingerprint density at radius 1 is 0.658 bits per heavy atom. The van der Waals surface area contributed by atoms with Crippen LogP contribution in [-0.2, 0) is 15.0 Å². The molecule has 0 aromatic heterocycles. The molecule has 2 aromatic carbocycles. The summed E-state index contributed by atoms with van der Waals surface area (Å²) in [6.07, 6.45) is 2.80. The van der Waals surface area contributed by atoms with Gasteiger partial charge in [0.2, 0.25) is 11.5 Å². The standard InChI is InChI=1S/C30H38O8/c1-9-24(31)37-22-18-16-20(26(33-12-4)28(22)35-14-6)30(8,11-3)21-17-19-23(38-25(32)10-2)29(36-15-7)27(21)34-13-5/h9-10,16-19H,1-2,11-15H2,3-8H3. The lowest BCUT2D eigenvalue weighted by Gasteiger charge is -2.34. The first kappa shape index (κ1) is 30.3. The fourth-order valence-electron chi connectivity index (χ4n) is 4.08. The molecule has 0 heterocycles. The molecule has 0 unspecified atom stereocenters. The first-order valence-electron chi connectivity index (χ1n) is 12.8. The molecule has 0 fully saturated rings. The van der Waals surface area contributed by atoms with Crippen molar-refractivity contribution < 1.29 is 38.0 Å². The smallest absolute Gasteiger partial charge is 0.335 e. The van der Waals surface area contributed by atoms with Crippen LogP contribution < -0.4 is 28.4 Å².